The molecule has 0 unspecified atom stereocenters. The fourth-order valence-electron chi connectivity index (χ4n) is 1.52. The predicted molar refractivity (Wildman–Crippen MR) is 75.2 cm³/mol. The molecule has 0 radical (unpaired) electrons. The van der Waals surface area contributed by atoms with E-state index in [0.29, 0.717) is 17.8 Å². The third-order valence-corrected chi connectivity index (χ3v) is 4.60. The van der Waals surface area contributed by atoms with Crippen LogP contribution in [-0.2, 0) is 6.54 Å². The van der Waals surface area contributed by atoms with E-state index in [9.17, 15) is 4.39 Å². The van der Waals surface area contributed by atoms with Crippen molar-refractivity contribution >= 4 is 33.0 Å². The molecule has 0 atom stereocenters. The lowest BCUT2D eigenvalue weighted by molar-refractivity contribution is 0.629. The maximum atomic E-state index is 13.6. The highest BCUT2D eigenvalue weighted by molar-refractivity contribution is 9.10. The van der Waals surface area contributed by atoms with Crippen LogP contribution in [0.25, 0.3) is 0 Å². The Morgan fingerprint density at radius 1 is 1.44 bits per heavy atom. The molecule has 0 bridgehead atoms. The SMILES string of the molecule is Cc1sc(CNc2ccc(C#N)cc2F)cc1Br. The number of halogens is 2. The molecule has 0 aliphatic carbocycles. The van der Waals surface area contributed by atoms with E-state index in [1.807, 2.05) is 19.1 Å². The van der Waals surface area contributed by atoms with Gasteiger partial charge in [0.25, 0.3) is 0 Å². The number of thiophene rings is 1. The summed E-state index contributed by atoms with van der Waals surface area (Å²) >= 11 is 5.11. The highest BCUT2D eigenvalue weighted by Crippen LogP contribution is 2.27. The number of hydrogen-bond acceptors (Lipinski definition) is 3. The standard InChI is InChI=1S/C13H10BrFN2S/c1-8-11(14)5-10(18-8)7-17-13-3-2-9(6-16)4-12(13)15/h2-5,17H,7H2,1H3. The van der Waals surface area contributed by atoms with Crippen molar-refractivity contribution in [1.29, 1.82) is 5.26 Å². The predicted octanol–water partition coefficient (Wildman–Crippen LogP) is 4.44. The summed E-state index contributed by atoms with van der Waals surface area (Å²) in [5.74, 6) is -0.401. The van der Waals surface area contributed by atoms with E-state index in [1.54, 1.807) is 23.5 Å². The van der Waals surface area contributed by atoms with Gasteiger partial charge in [-0.15, -0.1) is 11.3 Å². The first-order chi connectivity index (χ1) is 8.60. The molecule has 0 spiro atoms. The molecular formula is C13H10BrFN2S. The topological polar surface area (TPSA) is 35.8 Å². The minimum absolute atomic E-state index is 0.327. The van der Waals surface area contributed by atoms with Gasteiger partial charge in [0.2, 0.25) is 0 Å². The zero-order valence-corrected chi connectivity index (χ0v) is 12.0. The summed E-state index contributed by atoms with van der Waals surface area (Å²) in [6, 6.07) is 8.35. The van der Waals surface area contributed by atoms with Crippen molar-refractivity contribution in [3.63, 3.8) is 0 Å². The van der Waals surface area contributed by atoms with Gasteiger partial charge in [0.05, 0.1) is 17.3 Å². The first-order valence-electron chi connectivity index (χ1n) is 5.28. The Balaban J connectivity index is 2.09. The fraction of sp³-hybridized carbons (Fsp3) is 0.154. The quantitative estimate of drug-likeness (QED) is 0.905. The second kappa shape index (κ2) is 5.51. The van der Waals surface area contributed by atoms with Crippen molar-refractivity contribution in [2.24, 2.45) is 0 Å². The highest BCUT2D eigenvalue weighted by atomic mass is 79.9. The molecule has 0 aliphatic heterocycles. The van der Waals surface area contributed by atoms with E-state index in [0.717, 1.165) is 9.35 Å². The van der Waals surface area contributed by atoms with Crippen LogP contribution in [0, 0.1) is 24.1 Å². The van der Waals surface area contributed by atoms with Crippen LogP contribution in [-0.4, -0.2) is 0 Å². The molecule has 1 aromatic heterocycles. The Hall–Kier alpha value is -1.38. The minimum Gasteiger partial charge on any atom is -0.378 e. The van der Waals surface area contributed by atoms with Gasteiger partial charge in [0.15, 0.2) is 0 Å². The molecule has 0 saturated carbocycles. The molecule has 2 aromatic rings. The van der Waals surface area contributed by atoms with E-state index < -0.39 is 5.82 Å². The Kier molecular flexibility index (Phi) is 4.00. The second-order valence-corrected chi connectivity index (χ2v) is 5.97. The number of rotatable bonds is 3. The number of hydrogen-bond donors (Lipinski definition) is 1. The highest BCUT2D eigenvalue weighted by Gasteiger charge is 2.06. The van der Waals surface area contributed by atoms with Gasteiger partial charge < -0.3 is 5.32 Å². The first-order valence-corrected chi connectivity index (χ1v) is 6.89. The Labute approximate surface area is 117 Å². The van der Waals surface area contributed by atoms with Gasteiger partial charge in [0.1, 0.15) is 5.82 Å². The number of nitrogens with one attached hydrogen (secondary N) is 1. The van der Waals surface area contributed by atoms with Crippen molar-refractivity contribution in [2.45, 2.75) is 13.5 Å². The van der Waals surface area contributed by atoms with Crippen LogP contribution in [0.2, 0.25) is 0 Å². The monoisotopic (exact) mass is 324 g/mol. The van der Waals surface area contributed by atoms with Crippen molar-refractivity contribution in [2.75, 3.05) is 5.32 Å². The minimum atomic E-state index is -0.401. The van der Waals surface area contributed by atoms with Crippen molar-refractivity contribution in [1.82, 2.24) is 0 Å². The van der Waals surface area contributed by atoms with Gasteiger partial charge in [-0.25, -0.2) is 4.39 Å². The molecule has 2 nitrogen and oxygen atoms in total. The summed E-state index contributed by atoms with van der Waals surface area (Å²) in [6.45, 7) is 2.60. The van der Waals surface area contributed by atoms with Crippen LogP contribution >= 0.6 is 27.3 Å². The van der Waals surface area contributed by atoms with E-state index in [-0.39, 0.29) is 0 Å². The molecule has 0 aliphatic rings. The van der Waals surface area contributed by atoms with Crippen molar-refractivity contribution < 1.29 is 4.39 Å². The fourth-order valence-corrected chi connectivity index (χ4v) is 3.06. The third kappa shape index (κ3) is 2.89. The van der Waals surface area contributed by atoms with Gasteiger partial charge in [-0.1, -0.05) is 0 Å². The maximum Gasteiger partial charge on any atom is 0.147 e. The summed E-state index contributed by atoms with van der Waals surface area (Å²) in [7, 11) is 0. The summed E-state index contributed by atoms with van der Waals surface area (Å²) in [6.07, 6.45) is 0. The largest absolute Gasteiger partial charge is 0.378 e. The van der Waals surface area contributed by atoms with Crippen LogP contribution < -0.4 is 5.32 Å². The maximum absolute atomic E-state index is 13.6. The number of anilines is 1. The normalized spacial score (nSPS) is 10.1. The van der Waals surface area contributed by atoms with Gasteiger partial charge >= 0.3 is 0 Å². The summed E-state index contributed by atoms with van der Waals surface area (Å²) in [5, 5.41) is 11.7. The van der Waals surface area contributed by atoms with Crippen LogP contribution in [0.15, 0.2) is 28.7 Å². The second-order valence-electron chi connectivity index (χ2n) is 3.78. The van der Waals surface area contributed by atoms with Crippen molar-refractivity contribution in [3.05, 3.63) is 49.9 Å². The van der Waals surface area contributed by atoms with Gasteiger partial charge in [-0.2, -0.15) is 5.26 Å². The van der Waals surface area contributed by atoms with E-state index in [1.165, 1.54) is 10.9 Å². The van der Waals surface area contributed by atoms with Crippen molar-refractivity contribution in [3.8, 4) is 6.07 Å². The smallest absolute Gasteiger partial charge is 0.147 e. The van der Waals surface area contributed by atoms with Gasteiger partial charge in [0, 0.05) is 20.8 Å². The first kappa shape index (κ1) is 13.1. The summed E-state index contributed by atoms with van der Waals surface area (Å²) in [4.78, 5) is 2.33. The van der Waals surface area contributed by atoms with Gasteiger partial charge in [-0.3, -0.25) is 0 Å². The molecule has 0 fully saturated rings. The lowest BCUT2D eigenvalue weighted by atomic mass is 10.2. The van der Waals surface area contributed by atoms with Crippen LogP contribution in [0.5, 0.6) is 0 Å². The Morgan fingerprint density at radius 3 is 2.78 bits per heavy atom. The lowest BCUT2D eigenvalue weighted by Crippen LogP contribution is -2.00. The number of nitrogens with zero attached hydrogens (tertiary/aromatic N) is 1. The van der Waals surface area contributed by atoms with E-state index >= 15 is 0 Å². The average Bonchev–Trinajstić information content (AvgIpc) is 2.67. The number of nitriles is 1. The third-order valence-electron chi connectivity index (χ3n) is 2.46. The molecule has 0 amide bonds. The lowest BCUT2D eigenvalue weighted by Gasteiger charge is -2.06. The van der Waals surface area contributed by atoms with Crippen LogP contribution in [0.3, 0.4) is 0 Å². The Morgan fingerprint density at radius 2 is 2.22 bits per heavy atom. The molecule has 18 heavy (non-hydrogen) atoms. The molecule has 1 heterocycles. The molecular weight excluding hydrogens is 315 g/mol. The molecule has 1 N–H and O–H groups in total. The van der Waals surface area contributed by atoms with E-state index in [4.69, 9.17) is 5.26 Å². The number of aryl methyl sites for hydroxylation is 1. The molecule has 1 aromatic carbocycles. The molecule has 2 rings (SSSR count). The average molecular weight is 325 g/mol. The molecule has 92 valence electrons. The summed E-state index contributed by atoms with van der Waals surface area (Å²) < 4.78 is 14.7. The zero-order chi connectivity index (χ0) is 13.1. The summed E-state index contributed by atoms with van der Waals surface area (Å²) in [5.41, 5.74) is 0.740. The number of benzene rings is 1. The van der Waals surface area contributed by atoms with Crippen LogP contribution in [0.1, 0.15) is 15.3 Å². The molecule has 0 saturated heterocycles. The van der Waals surface area contributed by atoms with Gasteiger partial charge in [-0.05, 0) is 47.1 Å². The van der Waals surface area contributed by atoms with E-state index in [2.05, 4.69) is 21.2 Å². The van der Waals surface area contributed by atoms with Crippen LogP contribution in [0.4, 0.5) is 10.1 Å². The zero-order valence-electron chi connectivity index (χ0n) is 9.63. The molecule has 5 heteroatoms. The Bertz CT molecular complexity index is 596.